The first-order valence-corrected chi connectivity index (χ1v) is 22.6. The van der Waals surface area contributed by atoms with E-state index in [1.165, 1.54) is 42.5 Å². The molecule has 0 fully saturated rings. The highest BCUT2D eigenvalue weighted by Gasteiger charge is 2.22. The fraction of sp³-hybridized carbons (Fsp3) is 0. The average molecular weight is 873 g/mol. The van der Waals surface area contributed by atoms with Crippen LogP contribution in [0.5, 0.6) is 5.75 Å². The quantitative estimate of drug-likeness (QED) is 0.107. The molecule has 4 aromatic carbocycles. The molecule has 5 heterocycles. The SMILES string of the molecule is O=S(=O)(O)c1ccc(C2=c3ccc([nH]3)=C(c3ccc(S(=O)(=O)O)cc3)c3ccc([nH]3)C(c3ccc(S(=O)(=O)O)c(-c4ccc(O)cc4)c3)=c3ccc([nH]3)=Cc3ccc2[nH]3)cc1. The van der Waals surface area contributed by atoms with Gasteiger partial charge in [-0.15, -0.1) is 0 Å². The number of H-pyrrole nitrogens is 4. The Kier molecular flexibility index (Phi) is 9.46. The molecule has 8 bridgehead atoms. The molecule has 0 unspecified atom stereocenters. The van der Waals surface area contributed by atoms with Gasteiger partial charge in [0.05, 0.1) is 9.79 Å². The van der Waals surface area contributed by atoms with Crippen molar-refractivity contribution < 1.29 is 44.0 Å². The molecule has 4 aromatic heterocycles. The summed E-state index contributed by atoms with van der Waals surface area (Å²) < 4.78 is 103. The molecule has 0 saturated heterocycles. The topological polar surface area (TPSA) is 246 Å². The van der Waals surface area contributed by atoms with Crippen molar-refractivity contribution in [3.63, 3.8) is 0 Å². The minimum atomic E-state index is -4.68. The number of rotatable bonds is 7. The maximum Gasteiger partial charge on any atom is 0.295 e. The van der Waals surface area contributed by atoms with E-state index in [-0.39, 0.29) is 26.0 Å². The number of aromatic hydroxyl groups is 1. The Morgan fingerprint density at radius 2 is 0.852 bits per heavy atom. The molecule has 8 N–H and O–H groups in total. The monoisotopic (exact) mass is 872 g/mol. The first-order chi connectivity index (χ1) is 29.0. The summed E-state index contributed by atoms with van der Waals surface area (Å²) in [5, 5.41) is 12.5. The highest BCUT2D eigenvalue weighted by atomic mass is 32.2. The molecule has 306 valence electrons. The number of aromatic nitrogens is 4. The van der Waals surface area contributed by atoms with Gasteiger partial charge < -0.3 is 25.0 Å². The molecule has 0 atom stereocenters. The van der Waals surface area contributed by atoms with E-state index in [0.29, 0.717) is 83.1 Å². The van der Waals surface area contributed by atoms with Crippen LogP contribution >= 0.6 is 0 Å². The summed E-state index contributed by atoms with van der Waals surface area (Å²) in [5.74, 6) is -0.0270. The number of phenols is 1. The van der Waals surface area contributed by atoms with Crippen molar-refractivity contribution in [2.45, 2.75) is 14.7 Å². The second-order valence-corrected chi connectivity index (χ2v) is 18.5. The molecule has 0 saturated carbocycles. The first kappa shape index (κ1) is 39.5. The van der Waals surface area contributed by atoms with Crippen molar-refractivity contribution in [1.29, 1.82) is 0 Å². The molecular formula is C44H32N4O10S3. The van der Waals surface area contributed by atoms with Crippen LogP contribution in [-0.2, 0) is 30.4 Å². The predicted octanol–water partition coefficient (Wildman–Crippen LogP) is 4.00. The number of nitrogens with one attached hydrogen (secondary N) is 4. The fourth-order valence-electron chi connectivity index (χ4n) is 7.56. The van der Waals surface area contributed by atoms with Crippen molar-refractivity contribution in [1.82, 2.24) is 19.9 Å². The largest absolute Gasteiger partial charge is 0.508 e. The fourth-order valence-corrected chi connectivity index (χ4v) is 9.21. The molecule has 8 aromatic rings. The van der Waals surface area contributed by atoms with E-state index < -0.39 is 30.4 Å². The lowest BCUT2D eigenvalue weighted by Crippen LogP contribution is -2.18. The van der Waals surface area contributed by atoms with E-state index in [2.05, 4.69) is 19.9 Å². The van der Waals surface area contributed by atoms with Crippen LogP contribution < -0.4 is 21.4 Å². The van der Waals surface area contributed by atoms with Crippen LogP contribution in [0.25, 0.3) is 33.9 Å². The summed E-state index contributed by atoms with van der Waals surface area (Å²) in [6, 6.07) is 36.8. The Labute approximate surface area is 347 Å². The van der Waals surface area contributed by atoms with Gasteiger partial charge in [-0.3, -0.25) is 13.7 Å². The van der Waals surface area contributed by atoms with Gasteiger partial charge in [0, 0.05) is 66.5 Å². The van der Waals surface area contributed by atoms with Gasteiger partial charge in [-0.25, -0.2) is 0 Å². The summed E-state index contributed by atoms with van der Waals surface area (Å²) in [7, 11) is -13.7. The zero-order valence-electron chi connectivity index (χ0n) is 31.3. The molecule has 17 heteroatoms. The van der Waals surface area contributed by atoms with Crippen LogP contribution in [0.1, 0.15) is 39.5 Å². The van der Waals surface area contributed by atoms with Gasteiger partial charge in [0.1, 0.15) is 10.6 Å². The van der Waals surface area contributed by atoms with Gasteiger partial charge in [-0.1, -0.05) is 42.5 Å². The summed E-state index contributed by atoms with van der Waals surface area (Å²) in [4.78, 5) is 13.0. The zero-order valence-corrected chi connectivity index (χ0v) is 33.8. The second-order valence-electron chi connectivity index (χ2n) is 14.2. The molecule has 0 aliphatic carbocycles. The Balaban J connectivity index is 1.34. The molecule has 61 heavy (non-hydrogen) atoms. The second kappa shape index (κ2) is 14.6. The number of aromatic amines is 4. The lowest BCUT2D eigenvalue weighted by Gasteiger charge is -2.13. The number of benzene rings is 4. The predicted molar refractivity (Wildman–Crippen MR) is 226 cm³/mol. The Morgan fingerprint density at radius 3 is 1.39 bits per heavy atom. The lowest BCUT2D eigenvalue weighted by atomic mass is 9.97. The van der Waals surface area contributed by atoms with Crippen molar-refractivity contribution in [3.8, 4) is 16.9 Å². The summed E-state index contributed by atoms with van der Waals surface area (Å²) >= 11 is 0. The van der Waals surface area contributed by atoms with Gasteiger partial charge in [0.2, 0.25) is 0 Å². The van der Waals surface area contributed by atoms with E-state index in [1.807, 2.05) is 54.6 Å². The van der Waals surface area contributed by atoms with Gasteiger partial charge in [0.25, 0.3) is 30.4 Å². The van der Waals surface area contributed by atoms with Crippen LogP contribution in [0.4, 0.5) is 0 Å². The van der Waals surface area contributed by atoms with Crippen LogP contribution in [0, 0.1) is 0 Å². The van der Waals surface area contributed by atoms with Crippen LogP contribution in [0.15, 0.2) is 154 Å². The first-order valence-electron chi connectivity index (χ1n) is 18.3. The number of hydrogen-bond acceptors (Lipinski definition) is 7. The highest BCUT2D eigenvalue weighted by molar-refractivity contribution is 7.86. The minimum Gasteiger partial charge on any atom is -0.508 e. The molecule has 1 aliphatic heterocycles. The number of hydrogen-bond donors (Lipinski definition) is 8. The summed E-state index contributed by atoms with van der Waals surface area (Å²) in [6.07, 6.45) is 1.89. The van der Waals surface area contributed by atoms with Crippen molar-refractivity contribution in [2.75, 3.05) is 0 Å². The van der Waals surface area contributed by atoms with Crippen molar-refractivity contribution in [2.24, 2.45) is 0 Å². The summed E-state index contributed by atoms with van der Waals surface area (Å²) in [5.41, 5.74) is 6.72. The molecule has 9 rings (SSSR count). The lowest BCUT2D eigenvalue weighted by molar-refractivity contribution is 0.475. The van der Waals surface area contributed by atoms with E-state index in [9.17, 15) is 44.0 Å². The third kappa shape index (κ3) is 7.68. The van der Waals surface area contributed by atoms with Gasteiger partial charge >= 0.3 is 0 Å². The Morgan fingerprint density at radius 1 is 0.393 bits per heavy atom. The van der Waals surface area contributed by atoms with Crippen LogP contribution in [-0.4, -0.2) is 64.0 Å². The van der Waals surface area contributed by atoms with E-state index in [1.54, 1.807) is 48.5 Å². The highest BCUT2D eigenvalue weighted by Crippen LogP contribution is 2.34. The molecule has 0 spiro atoms. The van der Waals surface area contributed by atoms with E-state index in [4.69, 9.17) is 0 Å². The molecule has 0 radical (unpaired) electrons. The Hall–Kier alpha value is -6.99. The van der Waals surface area contributed by atoms with Crippen molar-refractivity contribution in [3.05, 3.63) is 200 Å². The van der Waals surface area contributed by atoms with Gasteiger partial charge in [0.15, 0.2) is 0 Å². The Bertz CT molecular complexity index is 3660. The van der Waals surface area contributed by atoms with E-state index >= 15 is 0 Å². The zero-order chi connectivity index (χ0) is 42.8. The van der Waals surface area contributed by atoms with Crippen LogP contribution in [0.3, 0.4) is 0 Å². The number of fused-ring (bicyclic) bond motifs is 8. The van der Waals surface area contributed by atoms with Crippen LogP contribution in [0.2, 0.25) is 0 Å². The molecule has 14 nitrogen and oxygen atoms in total. The van der Waals surface area contributed by atoms with Gasteiger partial charge in [-0.2, -0.15) is 25.3 Å². The third-order valence-corrected chi connectivity index (χ3v) is 13.0. The summed E-state index contributed by atoms with van der Waals surface area (Å²) in [6.45, 7) is 0. The molecule has 0 amide bonds. The number of phenolic OH excluding ortho intramolecular Hbond substituents is 1. The van der Waals surface area contributed by atoms with Crippen molar-refractivity contribution >= 4 is 53.1 Å². The van der Waals surface area contributed by atoms with E-state index in [0.717, 1.165) is 0 Å². The van der Waals surface area contributed by atoms with Gasteiger partial charge in [-0.05, 0) is 125 Å². The standard InChI is InChI=1S/C44H32N4O10S3/c49-31-10-1-25(2-11-31)34-23-28(7-22-41(34)61(56,57)58)44-36-17-9-30(46-36)24-29-8-16-35(45-29)42(26-3-12-32(13-4-26)59(50,51)52)37-18-19-38(47-37)43(39-20-21-40(44)48-39)27-5-14-33(15-6-27)60(53,54)55/h1-24,45-49H,(H,50,51,52)(H,53,54,55)(H,56,57,58). The normalized spacial score (nSPS) is 13.3. The molecule has 1 aliphatic rings. The smallest absolute Gasteiger partial charge is 0.295 e. The maximum absolute atomic E-state index is 12.6. The minimum absolute atomic E-state index is 0.0270. The molecular weight excluding hydrogens is 841 g/mol. The third-order valence-electron chi connectivity index (χ3n) is 10.3. The average Bonchev–Trinajstić information content (AvgIpc) is 4.05. The maximum atomic E-state index is 12.6.